The van der Waals surface area contributed by atoms with Crippen LogP contribution >= 0.6 is 11.3 Å². The zero-order valence-electron chi connectivity index (χ0n) is 16.3. The molecule has 0 saturated heterocycles. The number of rotatable bonds is 10. The van der Waals surface area contributed by atoms with Gasteiger partial charge in [0.05, 0.1) is 6.61 Å². The molecule has 1 N–H and O–H groups in total. The lowest BCUT2D eigenvalue weighted by Gasteiger charge is -2.12. The van der Waals surface area contributed by atoms with E-state index in [1.54, 1.807) is 18.2 Å². The summed E-state index contributed by atoms with van der Waals surface area (Å²) in [6.07, 6.45) is 1.07. The van der Waals surface area contributed by atoms with E-state index in [-0.39, 0.29) is 25.2 Å². The first-order chi connectivity index (χ1) is 14.1. The van der Waals surface area contributed by atoms with Crippen LogP contribution in [-0.2, 0) is 14.3 Å². The van der Waals surface area contributed by atoms with Crippen LogP contribution in [0.25, 0.3) is 20.2 Å². The number of fused-ring (bicyclic) bond motifs is 2. The minimum absolute atomic E-state index is 0.0615. The highest BCUT2D eigenvalue weighted by Gasteiger charge is 2.11. The maximum absolute atomic E-state index is 12.7. The molecule has 1 aromatic heterocycles. The van der Waals surface area contributed by atoms with Crippen molar-refractivity contribution in [1.82, 2.24) is 0 Å². The molecule has 154 valence electrons. The Morgan fingerprint density at radius 3 is 2.72 bits per heavy atom. The molecule has 2 aromatic carbocycles. The van der Waals surface area contributed by atoms with Crippen molar-refractivity contribution >= 4 is 37.5 Å². The number of ether oxygens (including phenoxy) is 3. The van der Waals surface area contributed by atoms with E-state index in [0.717, 1.165) is 22.2 Å². The van der Waals surface area contributed by atoms with E-state index < -0.39 is 12.1 Å². The van der Waals surface area contributed by atoms with Gasteiger partial charge in [0.15, 0.2) is 12.0 Å². The Kier molecular flexibility index (Phi) is 7.57. The Labute approximate surface area is 172 Å². The van der Waals surface area contributed by atoms with E-state index in [1.165, 1.54) is 11.3 Å². The van der Waals surface area contributed by atoms with E-state index in [1.807, 2.05) is 24.3 Å². The summed E-state index contributed by atoms with van der Waals surface area (Å²) in [7, 11) is 0. The van der Waals surface area contributed by atoms with Crippen molar-refractivity contribution in [3.63, 3.8) is 0 Å². The normalized spacial score (nSPS) is 12.2. The number of hydrogen-bond acceptors (Lipinski definition) is 7. The highest BCUT2D eigenvalue weighted by Crippen LogP contribution is 2.27. The predicted molar refractivity (Wildman–Crippen MR) is 114 cm³/mol. The van der Waals surface area contributed by atoms with Crippen LogP contribution < -0.4 is 10.2 Å². The van der Waals surface area contributed by atoms with Gasteiger partial charge in [0.2, 0.25) is 0 Å². The molecule has 7 heteroatoms. The van der Waals surface area contributed by atoms with Gasteiger partial charge in [-0.15, -0.1) is 11.3 Å². The lowest BCUT2D eigenvalue weighted by molar-refractivity contribution is -0.150. The Hall–Kier alpha value is -2.48. The van der Waals surface area contributed by atoms with Crippen molar-refractivity contribution in [2.24, 2.45) is 0 Å². The first-order valence-electron chi connectivity index (χ1n) is 9.58. The first-order valence-corrected chi connectivity index (χ1v) is 10.4. The van der Waals surface area contributed by atoms with Gasteiger partial charge < -0.3 is 19.3 Å². The van der Waals surface area contributed by atoms with Gasteiger partial charge in [-0.3, -0.25) is 4.79 Å². The van der Waals surface area contributed by atoms with E-state index in [4.69, 9.17) is 14.2 Å². The molecule has 3 aromatic rings. The standard InChI is InChI=1S/C22H24O6S/c1-2-3-10-26-12-15(23)13-28-21(24)14-27-16-8-9-20-18(11-16)22(25)17-6-4-5-7-19(17)29-20/h4-9,11,15,23H,2-3,10,12-14H2,1H3. The fraction of sp³-hybridized carbons (Fsp3) is 0.364. The van der Waals surface area contributed by atoms with Crippen LogP contribution in [0.2, 0.25) is 0 Å². The number of benzene rings is 2. The first kappa shape index (κ1) is 21.2. The monoisotopic (exact) mass is 416 g/mol. The lowest BCUT2D eigenvalue weighted by Crippen LogP contribution is -2.26. The number of aliphatic hydroxyl groups excluding tert-OH is 1. The number of carbonyl (C=O) groups is 1. The quantitative estimate of drug-likeness (QED) is 0.309. The third-order valence-corrected chi connectivity index (χ3v) is 5.44. The van der Waals surface area contributed by atoms with Crippen LogP contribution in [0.1, 0.15) is 19.8 Å². The van der Waals surface area contributed by atoms with Crippen molar-refractivity contribution in [2.75, 3.05) is 26.4 Å². The Balaban J connectivity index is 1.55. The maximum Gasteiger partial charge on any atom is 0.344 e. The zero-order chi connectivity index (χ0) is 20.6. The van der Waals surface area contributed by atoms with Gasteiger partial charge >= 0.3 is 5.97 Å². The molecule has 1 unspecified atom stereocenters. The van der Waals surface area contributed by atoms with Crippen molar-refractivity contribution in [1.29, 1.82) is 0 Å². The summed E-state index contributed by atoms with van der Waals surface area (Å²) in [6.45, 7) is 2.30. The van der Waals surface area contributed by atoms with E-state index in [0.29, 0.717) is 23.1 Å². The topological polar surface area (TPSA) is 82.1 Å². The fourth-order valence-corrected chi connectivity index (χ4v) is 3.81. The van der Waals surface area contributed by atoms with E-state index in [2.05, 4.69) is 6.92 Å². The third-order valence-electron chi connectivity index (χ3n) is 4.29. The molecule has 0 bridgehead atoms. The molecule has 0 aliphatic carbocycles. The van der Waals surface area contributed by atoms with Crippen LogP contribution in [0.15, 0.2) is 47.3 Å². The maximum atomic E-state index is 12.7. The Morgan fingerprint density at radius 1 is 1.10 bits per heavy atom. The number of carbonyl (C=O) groups excluding carboxylic acids is 1. The molecule has 0 saturated carbocycles. The molecule has 0 aliphatic heterocycles. The number of unbranched alkanes of at least 4 members (excludes halogenated alkanes) is 1. The third kappa shape index (κ3) is 5.76. The second-order valence-corrected chi connectivity index (χ2v) is 7.72. The number of esters is 1. The van der Waals surface area contributed by atoms with Crippen molar-refractivity contribution in [3.05, 3.63) is 52.7 Å². The molecule has 3 rings (SSSR count). The molecule has 6 nitrogen and oxygen atoms in total. The largest absolute Gasteiger partial charge is 0.482 e. The molecule has 0 spiro atoms. The molecule has 0 aliphatic rings. The zero-order valence-corrected chi connectivity index (χ0v) is 17.1. The SMILES string of the molecule is CCCCOCC(O)COC(=O)COc1ccc2sc3ccccc3c(=O)c2c1. The van der Waals surface area contributed by atoms with Crippen LogP contribution in [0, 0.1) is 0 Å². The summed E-state index contributed by atoms with van der Waals surface area (Å²) in [4.78, 5) is 24.5. The van der Waals surface area contributed by atoms with Gasteiger partial charge in [-0.2, -0.15) is 0 Å². The lowest BCUT2D eigenvalue weighted by atomic mass is 10.2. The van der Waals surface area contributed by atoms with Gasteiger partial charge in [-0.25, -0.2) is 4.79 Å². The van der Waals surface area contributed by atoms with Crippen LogP contribution in [0.5, 0.6) is 5.75 Å². The van der Waals surface area contributed by atoms with Gasteiger partial charge in [0.1, 0.15) is 18.5 Å². The minimum Gasteiger partial charge on any atom is -0.482 e. The van der Waals surface area contributed by atoms with E-state index >= 15 is 0 Å². The molecule has 1 atom stereocenters. The molecule has 0 amide bonds. The molecule has 0 radical (unpaired) electrons. The van der Waals surface area contributed by atoms with Crippen molar-refractivity contribution in [3.8, 4) is 5.75 Å². The fourth-order valence-electron chi connectivity index (χ4n) is 2.76. The number of aliphatic hydroxyl groups is 1. The second-order valence-electron chi connectivity index (χ2n) is 6.64. The van der Waals surface area contributed by atoms with Gasteiger partial charge in [0.25, 0.3) is 0 Å². The summed E-state index contributed by atoms with van der Waals surface area (Å²) in [5.74, 6) is -0.182. The summed E-state index contributed by atoms with van der Waals surface area (Å²) >= 11 is 1.53. The van der Waals surface area contributed by atoms with E-state index in [9.17, 15) is 14.7 Å². The van der Waals surface area contributed by atoms with Gasteiger partial charge in [0, 0.05) is 26.8 Å². The van der Waals surface area contributed by atoms with Crippen LogP contribution in [0.3, 0.4) is 0 Å². The summed E-state index contributed by atoms with van der Waals surface area (Å²) in [5.41, 5.74) is -0.0615. The Morgan fingerprint density at radius 2 is 1.90 bits per heavy atom. The molecular weight excluding hydrogens is 392 g/mol. The van der Waals surface area contributed by atoms with Crippen LogP contribution in [0.4, 0.5) is 0 Å². The number of hydrogen-bond donors (Lipinski definition) is 1. The predicted octanol–water partition coefficient (Wildman–Crippen LogP) is 3.51. The average Bonchev–Trinajstić information content (AvgIpc) is 2.74. The van der Waals surface area contributed by atoms with Gasteiger partial charge in [-0.1, -0.05) is 25.5 Å². The molecule has 0 fully saturated rings. The van der Waals surface area contributed by atoms with Crippen LogP contribution in [-0.4, -0.2) is 43.6 Å². The minimum atomic E-state index is -0.866. The summed E-state index contributed by atoms with van der Waals surface area (Å²) < 4.78 is 17.5. The molecular formula is C22H24O6S. The molecule has 1 heterocycles. The summed E-state index contributed by atoms with van der Waals surface area (Å²) in [5, 5.41) is 11.0. The van der Waals surface area contributed by atoms with Crippen molar-refractivity contribution in [2.45, 2.75) is 25.9 Å². The average molecular weight is 416 g/mol. The highest BCUT2D eigenvalue weighted by molar-refractivity contribution is 7.24. The van der Waals surface area contributed by atoms with Crippen molar-refractivity contribution < 1.29 is 24.1 Å². The molecule has 29 heavy (non-hydrogen) atoms. The second kappa shape index (κ2) is 10.3. The highest BCUT2D eigenvalue weighted by atomic mass is 32.1. The smallest absolute Gasteiger partial charge is 0.344 e. The van der Waals surface area contributed by atoms with Gasteiger partial charge in [-0.05, 0) is 36.8 Å². The summed E-state index contributed by atoms with van der Waals surface area (Å²) in [6, 6.07) is 12.6. The Bertz CT molecular complexity index is 1030.